The summed E-state index contributed by atoms with van der Waals surface area (Å²) in [6.07, 6.45) is 3.73. The third-order valence-electron chi connectivity index (χ3n) is 3.39. The number of ether oxygens (including phenoxy) is 1. The van der Waals surface area contributed by atoms with E-state index in [1.165, 1.54) is 25.9 Å². The van der Waals surface area contributed by atoms with Crippen LogP contribution in [0.3, 0.4) is 0 Å². The predicted octanol–water partition coefficient (Wildman–Crippen LogP) is 2.73. The SMILES string of the molecule is Cc1ccc(C#N)cc1OCCCN1CCCC1. The van der Waals surface area contributed by atoms with E-state index in [0.717, 1.165) is 30.9 Å². The zero-order chi connectivity index (χ0) is 12.8. The Labute approximate surface area is 109 Å². The Morgan fingerprint density at radius 2 is 2.11 bits per heavy atom. The summed E-state index contributed by atoms with van der Waals surface area (Å²) < 4.78 is 5.76. The van der Waals surface area contributed by atoms with Crippen LogP contribution in [0.5, 0.6) is 5.75 Å². The van der Waals surface area contributed by atoms with Gasteiger partial charge in [0.15, 0.2) is 0 Å². The van der Waals surface area contributed by atoms with Gasteiger partial charge in [-0.3, -0.25) is 0 Å². The first-order valence-corrected chi connectivity index (χ1v) is 6.65. The van der Waals surface area contributed by atoms with Crippen LogP contribution in [0, 0.1) is 18.3 Å². The van der Waals surface area contributed by atoms with E-state index in [1.54, 1.807) is 0 Å². The summed E-state index contributed by atoms with van der Waals surface area (Å²) in [5.41, 5.74) is 1.75. The van der Waals surface area contributed by atoms with Gasteiger partial charge in [0, 0.05) is 6.54 Å². The smallest absolute Gasteiger partial charge is 0.123 e. The summed E-state index contributed by atoms with van der Waals surface area (Å²) in [5.74, 6) is 0.843. The van der Waals surface area contributed by atoms with Gasteiger partial charge in [-0.15, -0.1) is 0 Å². The summed E-state index contributed by atoms with van der Waals surface area (Å²) in [7, 11) is 0. The first-order chi connectivity index (χ1) is 8.79. The van der Waals surface area contributed by atoms with E-state index in [2.05, 4.69) is 11.0 Å². The quantitative estimate of drug-likeness (QED) is 0.747. The van der Waals surface area contributed by atoms with Gasteiger partial charge < -0.3 is 9.64 Å². The molecule has 2 rings (SSSR count). The highest BCUT2D eigenvalue weighted by molar-refractivity contribution is 5.41. The van der Waals surface area contributed by atoms with Gasteiger partial charge in [-0.05, 0) is 57.0 Å². The lowest BCUT2D eigenvalue weighted by atomic mass is 10.1. The van der Waals surface area contributed by atoms with E-state index in [4.69, 9.17) is 10.00 Å². The molecule has 0 aromatic heterocycles. The average Bonchev–Trinajstić information content (AvgIpc) is 2.89. The monoisotopic (exact) mass is 244 g/mol. The highest BCUT2D eigenvalue weighted by Gasteiger charge is 2.10. The fourth-order valence-corrected chi connectivity index (χ4v) is 2.30. The first kappa shape index (κ1) is 12.9. The number of nitriles is 1. The van der Waals surface area contributed by atoms with Gasteiger partial charge in [0.2, 0.25) is 0 Å². The second-order valence-electron chi connectivity index (χ2n) is 4.84. The Balaban J connectivity index is 1.77. The predicted molar refractivity (Wildman–Crippen MR) is 71.7 cm³/mol. The third kappa shape index (κ3) is 3.48. The highest BCUT2D eigenvalue weighted by Crippen LogP contribution is 2.19. The fourth-order valence-electron chi connectivity index (χ4n) is 2.30. The number of benzene rings is 1. The first-order valence-electron chi connectivity index (χ1n) is 6.65. The Hall–Kier alpha value is -1.53. The van der Waals surface area contributed by atoms with E-state index in [-0.39, 0.29) is 0 Å². The molecule has 0 N–H and O–H groups in total. The van der Waals surface area contributed by atoms with Crippen molar-refractivity contribution in [2.75, 3.05) is 26.2 Å². The van der Waals surface area contributed by atoms with E-state index in [9.17, 15) is 0 Å². The molecule has 0 amide bonds. The zero-order valence-electron chi connectivity index (χ0n) is 11.0. The van der Waals surface area contributed by atoms with E-state index < -0.39 is 0 Å². The Bertz CT molecular complexity index is 431. The molecule has 1 aliphatic heterocycles. The van der Waals surface area contributed by atoms with Crippen molar-refractivity contribution in [1.82, 2.24) is 4.90 Å². The normalized spacial score (nSPS) is 15.6. The molecule has 3 heteroatoms. The number of rotatable bonds is 5. The van der Waals surface area contributed by atoms with Crippen molar-refractivity contribution in [3.63, 3.8) is 0 Å². The van der Waals surface area contributed by atoms with Gasteiger partial charge >= 0.3 is 0 Å². The lowest BCUT2D eigenvalue weighted by molar-refractivity contribution is 0.262. The topological polar surface area (TPSA) is 36.3 Å². The van der Waals surface area contributed by atoms with Crippen LogP contribution in [0.4, 0.5) is 0 Å². The van der Waals surface area contributed by atoms with Crippen LogP contribution in [0.25, 0.3) is 0 Å². The van der Waals surface area contributed by atoms with Crippen molar-refractivity contribution >= 4 is 0 Å². The molecule has 1 aliphatic rings. The minimum atomic E-state index is 0.662. The largest absolute Gasteiger partial charge is 0.493 e. The lowest BCUT2D eigenvalue weighted by Crippen LogP contribution is -2.21. The van der Waals surface area contributed by atoms with Crippen LogP contribution in [0.15, 0.2) is 18.2 Å². The molecule has 0 bridgehead atoms. The summed E-state index contributed by atoms with van der Waals surface area (Å²) >= 11 is 0. The van der Waals surface area contributed by atoms with Crippen molar-refractivity contribution in [2.45, 2.75) is 26.2 Å². The second kappa shape index (κ2) is 6.42. The molecule has 0 saturated carbocycles. The number of aryl methyl sites for hydroxylation is 1. The highest BCUT2D eigenvalue weighted by atomic mass is 16.5. The molecule has 1 aromatic carbocycles. The van der Waals surface area contributed by atoms with E-state index >= 15 is 0 Å². The van der Waals surface area contributed by atoms with Crippen molar-refractivity contribution in [1.29, 1.82) is 5.26 Å². The Kier molecular flexibility index (Phi) is 4.60. The molecule has 1 aromatic rings. The maximum absolute atomic E-state index is 8.86. The van der Waals surface area contributed by atoms with Crippen LogP contribution in [0.2, 0.25) is 0 Å². The molecular formula is C15H20N2O. The van der Waals surface area contributed by atoms with Crippen LogP contribution < -0.4 is 4.74 Å². The van der Waals surface area contributed by atoms with Gasteiger partial charge in [-0.1, -0.05) is 6.07 Å². The summed E-state index contributed by atoms with van der Waals surface area (Å²) in [6.45, 7) is 6.34. The van der Waals surface area contributed by atoms with Gasteiger partial charge in [-0.25, -0.2) is 0 Å². The van der Waals surface area contributed by atoms with Crippen LogP contribution in [-0.4, -0.2) is 31.1 Å². The van der Waals surface area contributed by atoms with Gasteiger partial charge in [0.1, 0.15) is 5.75 Å². The minimum absolute atomic E-state index is 0.662. The Morgan fingerprint density at radius 1 is 1.33 bits per heavy atom. The van der Waals surface area contributed by atoms with E-state index in [1.807, 2.05) is 25.1 Å². The van der Waals surface area contributed by atoms with Gasteiger partial charge in [0.05, 0.1) is 18.2 Å². The maximum Gasteiger partial charge on any atom is 0.123 e. The molecule has 1 fully saturated rings. The fraction of sp³-hybridized carbons (Fsp3) is 0.533. The molecule has 0 radical (unpaired) electrons. The summed E-state index contributed by atoms with van der Waals surface area (Å²) in [6, 6.07) is 7.73. The van der Waals surface area contributed by atoms with E-state index in [0.29, 0.717) is 5.56 Å². The molecular weight excluding hydrogens is 224 g/mol. The zero-order valence-corrected chi connectivity index (χ0v) is 11.0. The Morgan fingerprint density at radius 3 is 2.83 bits per heavy atom. The van der Waals surface area contributed by atoms with Gasteiger partial charge in [-0.2, -0.15) is 5.26 Å². The average molecular weight is 244 g/mol. The number of hydrogen-bond donors (Lipinski definition) is 0. The standard InChI is InChI=1S/C15H20N2O/c1-13-5-6-14(12-16)11-15(13)18-10-4-9-17-7-2-3-8-17/h5-6,11H,2-4,7-10H2,1H3. The molecule has 0 spiro atoms. The molecule has 1 saturated heterocycles. The number of hydrogen-bond acceptors (Lipinski definition) is 3. The molecule has 1 heterocycles. The van der Waals surface area contributed by atoms with Crippen molar-refractivity contribution in [3.8, 4) is 11.8 Å². The maximum atomic E-state index is 8.86. The summed E-state index contributed by atoms with van der Waals surface area (Å²) in [4.78, 5) is 2.49. The van der Waals surface area contributed by atoms with Crippen molar-refractivity contribution in [2.24, 2.45) is 0 Å². The molecule has 18 heavy (non-hydrogen) atoms. The molecule has 0 unspecified atom stereocenters. The van der Waals surface area contributed by atoms with Crippen LogP contribution in [-0.2, 0) is 0 Å². The number of likely N-dealkylation sites (tertiary alicyclic amines) is 1. The van der Waals surface area contributed by atoms with Crippen molar-refractivity contribution < 1.29 is 4.74 Å². The summed E-state index contributed by atoms with van der Waals surface area (Å²) in [5, 5.41) is 8.86. The second-order valence-corrected chi connectivity index (χ2v) is 4.84. The molecule has 96 valence electrons. The third-order valence-corrected chi connectivity index (χ3v) is 3.39. The minimum Gasteiger partial charge on any atom is -0.493 e. The molecule has 0 aliphatic carbocycles. The van der Waals surface area contributed by atoms with Crippen molar-refractivity contribution in [3.05, 3.63) is 29.3 Å². The molecule has 3 nitrogen and oxygen atoms in total. The number of nitrogens with zero attached hydrogens (tertiary/aromatic N) is 2. The lowest BCUT2D eigenvalue weighted by Gasteiger charge is -2.15. The van der Waals surface area contributed by atoms with Crippen LogP contribution in [0.1, 0.15) is 30.4 Å². The molecule has 0 atom stereocenters. The van der Waals surface area contributed by atoms with Gasteiger partial charge in [0.25, 0.3) is 0 Å². The van der Waals surface area contributed by atoms with Crippen LogP contribution >= 0.6 is 0 Å².